The Morgan fingerprint density at radius 2 is 0.864 bits per heavy atom. The number of carbonyl (C=O) groups excluding carboxylic acids is 1. The van der Waals surface area contributed by atoms with Gasteiger partial charge in [0.2, 0.25) is 5.91 Å². The molecular formula is C67H113NO13. The highest BCUT2D eigenvalue weighted by Gasteiger charge is 2.51. The van der Waals surface area contributed by atoms with E-state index in [9.17, 15) is 45.6 Å². The molecular weight excluding hydrogens is 1030 g/mol. The van der Waals surface area contributed by atoms with Gasteiger partial charge in [-0.15, -0.1) is 0 Å². The van der Waals surface area contributed by atoms with Crippen LogP contribution in [0, 0.1) is 0 Å². The van der Waals surface area contributed by atoms with E-state index in [1.807, 2.05) is 6.08 Å². The number of rotatable bonds is 49. The first-order valence-corrected chi connectivity index (χ1v) is 31.6. The van der Waals surface area contributed by atoms with Crippen molar-refractivity contribution in [2.24, 2.45) is 0 Å². The molecule has 0 aromatic rings. The van der Waals surface area contributed by atoms with Crippen molar-refractivity contribution in [3.63, 3.8) is 0 Å². The van der Waals surface area contributed by atoms with E-state index in [-0.39, 0.29) is 18.9 Å². The molecule has 0 aromatic heterocycles. The molecule has 1 amide bonds. The number of carbonyl (C=O) groups is 1. The second-order valence-corrected chi connectivity index (χ2v) is 21.8. The predicted octanol–water partition coefficient (Wildman–Crippen LogP) is 11.6. The minimum Gasteiger partial charge on any atom is -0.394 e. The van der Waals surface area contributed by atoms with Crippen LogP contribution in [0.2, 0.25) is 0 Å². The maximum atomic E-state index is 13.2. The van der Waals surface area contributed by atoms with Crippen molar-refractivity contribution in [1.29, 1.82) is 0 Å². The first-order chi connectivity index (χ1) is 39.6. The van der Waals surface area contributed by atoms with Gasteiger partial charge in [0.25, 0.3) is 0 Å². The summed E-state index contributed by atoms with van der Waals surface area (Å²) in [6.45, 7) is 2.60. The lowest BCUT2D eigenvalue weighted by Gasteiger charge is -2.46. The lowest BCUT2D eigenvalue weighted by atomic mass is 9.97. The number of aliphatic hydroxyl groups excluding tert-OH is 8. The topological polar surface area (TPSA) is 228 Å². The molecule has 14 heteroatoms. The van der Waals surface area contributed by atoms with Gasteiger partial charge in [0.1, 0.15) is 48.8 Å². The molecule has 0 bridgehead atoms. The lowest BCUT2D eigenvalue weighted by Crippen LogP contribution is -2.65. The minimum absolute atomic E-state index is 0.256. The summed E-state index contributed by atoms with van der Waals surface area (Å²) in [5.41, 5.74) is 0. The summed E-state index contributed by atoms with van der Waals surface area (Å²) in [5, 5.41) is 86.9. The Balaban J connectivity index is 1.59. The van der Waals surface area contributed by atoms with E-state index in [1.54, 1.807) is 6.08 Å². The van der Waals surface area contributed by atoms with Crippen molar-refractivity contribution >= 4 is 5.91 Å². The van der Waals surface area contributed by atoms with Crippen molar-refractivity contribution in [2.45, 2.75) is 286 Å². The molecule has 2 fully saturated rings. The minimum atomic E-state index is -1.79. The van der Waals surface area contributed by atoms with Crippen molar-refractivity contribution < 1.29 is 64.6 Å². The predicted molar refractivity (Wildman–Crippen MR) is 327 cm³/mol. The smallest absolute Gasteiger partial charge is 0.220 e. The van der Waals surface area contributed by atoms with Gasteiger partial charge in [-0.3, -0.25) is 4.79 Å². The highest BCUT2D eigenvalue weighted by atomic mass is 16.7. The van der Waals surface area contributed by atoms with Gasteiger partial charge in [-0.25, -0.2) is 0 Å². The van der Waals surface area contributed by atoms with E-state index >= 15 is 0 Å². The maximum absolute atomic E-state index is 13.2. The largest absolute Gasteiger partial charge is 0.394 e. The van der Waals surface area contributed by atoms with Crippen molar-refractivity contribution in [3.05, 3.63) is 109 Å². The van der Waals surface area contributed by atoms with Gasteiger partial charge in [-0.2, -0.15) is 0 Å². The van der Waals surface area contributed by atoms with Crippen LogP contribution in [0.4, 0.5) is 0 Å². The Morgan fingerprint density at radius 1 is 0.457 bits per heavy atom. The zero-order valence-electron chi connectivity index (χ0n) is 50.0. The van der Waals surface area contributed by atoms with Gasteiger partial charge >= 0.3 is 0 Å². The van der Waals surface area contributed by atoms with Crippen LogP contribution in [0.1, 0.15) is 213 Å². The first kappa shape index (κ1) is 73.8. The number of allylic oxidation sites excluding steroid dienone is 17. The second kappa shape index (κ2) is 51.1. The fourth-order valence-electron chi connectivity index (χ4n) is 9.64. The number of hydrogen-bond donors (Lipinski definition) is 9. The third-order valence-corrected chi connectivity index (χ3v) is 14.7. The van der Waals surface area contributed by atoms with E-state index in [0.717, 1.165) is 83.5 Å². The fraction of sp³-hybridized carbons (Fsp3) is 0.716. The molecule has 2 saturated heterocycles. The van der Waals surface area contributed by atoms with Crippen LogP contribution in [0.15, 0.2) is 109 Å². The summed E-state index contributed by atoms with van der Waals surface area (Å²) < 4.78 is 22.7. The van der Waals surface area contributed by atoms with Crippen molar-refractivity contribution in [1.82, 2.24) is 5.32 Å². The zero-order chi connectivity index (χ0) is 58.8. The Bertz CT molecular complexity index is 1770. The first-order valence-electron chi connectivity index (χ1n) is 31.6. The highest BCUT2D eigenvalue weighted by molar-refractivity contribution is 5.76. The second-order valence-electron chi connectivity index (χ2n) is 21.8. The number of nitrogens with one attached hydrogen (secondary N) is 1. The van der Waals surface area contributed by atoms with Gasteiger partial charge < -0.3 is 65.1 Å². The Labute approximate surface area is 489 Å². The molecule has 2 heterocycles. The summed E-state index contributed by atoms with van der Waals surface area (Å²) in [7, 11) is 0. The molecule has 12 atom stereocenters. The number of aliphatic hydroxyl groups is 8. The molecule has 14 nitrogen and oxygen atoms in total. The van der Waals surface area contributed by atoms with Crippen molar-refractivity contribution in [2.75, 3.05) is 19.8 Å². The van der Waals surface area contributed by atoms with Crippen LogP contribution >= 0.6 is 0 Å². The zero-order valence-corrected chi connectivity index (χ0v) is 50.0. The maximum Gasteiger partial charge on any atom is 0.220 e. The monoisotopic (exact) mass is 1140 g/mol. The standard InChI is InChI=1S/C67H113NO13/c1-3-5-7-9-11-13-15-16-17-18-19-20-21-22-23-24-25-26-27-28-29-30-31-32-33-34-35-36-37-38-39-40-41-43-45-47-49-51-59(72)68-55(56(71)50-48-46-44-42-14-12-10-8-6-4-2)54-78-66-64(77)62(75)65(58(53-70)80-66)81-67-63(76)61(74)60(73)57(52-69)79-67/h5,7,11,13-14,16-17,19-20,22-23,25-26,28-29,42,48,50,55-58,60-67,69-71,73-77H,3-4,6,8-10,12,15,18,21,24,27,30-41,43-47,49,51-54H2,1-2H3,(H,68,72)/b7-5-,13-11-,17-16-,20-19-,23-22-,26-25-,29-28-,42-14+,50-48+. The van der Waals surface area contributed by atoms with Gasteiger partial charge in [0, 0.05) is 6.42 Å². The Hall–Kier alpha value is -3.35. The van der Waals surface area contributed by atoms with Gasteiger partial charge in [0.15, 0.2) is 12.6 Å². The van der Waals surface area contributed by atoms with Crippen LogP contribution in [0.5, 0.6) is 0 Å². The van der Waals surface area contributed by atoms with E-state index < -0.39 is 86.8 Å². The van der Waals surface area contributed by atoms with Crippen LogP contribution in [0.25, 0.3) is 0 Å². The molecule has 2 aliphatic rings. The molecule has 81 heavy (non-hydrogen) atoms. The third kappa shape index (κ3) is 36.2. The van der Waals surface area contributed by atoms with E-state index in [2.05, 4.69) is 116 Å². The van der Waals surface area contributed by atoms with Gasteiger partial charge in [-0.05, 0) is 89.9 Å². The molecule has 0 saturated carbocycles. The summed E-state index contributed by atoms with van der Waals surface area (Å²) in [5.74, 6) is -0.256. The van der Waals surface area contributed by atoms with Crippen LogP contribution in [-0.2, 0) is 23.7 Å². The van der Waals surface area contributed by atoms with E-state index in [1.165, 1.54) is 96.3 Å². The van der Waals surface area contributed by atoms with E-state index in [4.69, 9.17) is 18.9 Å². The molecule has 0 aromatic carbocycles. The molecule has 9 N–H and O–H groups in total. The molecule has 0 radical (unpaired) electrons. The molecule has 12 unspecified atom stereocenters. The normalized spacial score (nSPS) is 24.9. The average molecular weight is 1140 g/mol. The van der Waals surface area contributed by atoms with Crippen LogP contribution in [-0.4, -0.2) is 140 Å². The Morgan fingerprint density at radius 3 is 1.36 bits per heavy atom. The molecule has 0 spiro atoms. The fourth-order valence-corrected chi connectivity index (χ4v) is 9.64. The van der Waals surface area contributed by atoms with Crippen molar-refractivity contribution in [3.8, 4) is 0 Å². The number of amides is 1. The summed E-state index contributed by atoms with van der Waals surface area (Å²) in [4.78, 5) is 13.2. The third-order valence-electron chi connectivity index (χ3n) is 14.7. The number of ether oxygens (including phenoxy) is 4. The number of hydrogen-bond acceptors (Lipinski definition) is 13. The SMILES string of the molecule is CC/C=C\C/C=C\C/C=C\C/C=C\C/C=C\C/C=C\C/C=C\CCCCCCCCCCCCCCCCCC(=O)NC(COC1OC(CO)C(OC2OC(CO)C(O)C(O)C2O)C(O)C1O)C(O)/C=C/CC/C=C/CCCCCC. The lowest BCUT2D eigenvalue weighted by molar-refractivity contribution is -0.359. The summed E-state index contributed by atoms with van der Waals surface area (Å²) in [6, 6.07) is -0.935. The molecule has 2 rings (SSSR count). The molecule has 0 aliphatic carbocycles. The Kier molecular flexibility index (Phi) is 46.5. The van der Waals surface area contributed by atoms with Crippen LogP contribution < -0.4 is 5.32 Å². The highest BCUT2D eigenvalue weighted by Crippen LogP contribution is 2.30. The summed E-state index contributed by atoms with van der Waals surface area (Å²) in [6.07, 6.45) is 56.0. The molecule has 464 valence electrons. The van der Waals surface area contributed by atoms with Gasteiger partial charge in [0.05, 0.1) is 32.0 Å². The quantitative estimate of drug-likeness (QED) is 0.0204. The van der Waals surface area contributed by atoms with Gasteiger partial charge in [-0.1, -0.05) is 226 Å². The average Bonchev–Trinajstić information content (AvgIpc) is 3.51. The van der Waals surface area contributed by atoms with Crippen LogP contribution in [0.3, 0.4) is 0 Å². The van der Waals surface area contributed by atoms with E-state index in [0.29, 0.717) is 12.8 Å². The number of unbranched alkanes of at least 4 members (excludes halogenated alkanes) is 20. The summed E-state index contributed by atoms with van der Waals surface area (Å²) >= 11 is 0. The molecule has 2 aliphatic heterocycles.